The molecule has 1 rings (SSSR count). The van der Waals surface area contributed by atoms with Crippen molar-refractivity contribution in [3.63, 3.8) is 0 Å². The van der Waals surface area contributed by atoms with Crippen LogP contribution in [-0.4, -0.2) is 17.8 Å². The van der Waals surface area contributed by atoms with E-state index < -0.39 is 0 Å². The maximum Gasteiger partial charge on any atom is 0.127 e. The molecule has 2 N–H and O–H groups in total. The fourth-order valence-electron chi connectivity index (χ4n) is 1.53. The predicted octanol–water partition coefficient (Wildman–Crippen LogP) is 1.95. The van der Waals surface area contributed by atoms with Crippen molar-refractivity contribution in [2.45, 2.75) is 32.4 Å². The van der Waals surface area contributed by atoms with Crippen LogP contribution in [-0.2, 0) is 6.54 Å². The van der Waals surface area contributed by atoms with Crippen LogP contribution in [0.15, 0.2) is 18.2 Å². The fourth-order valence-corrected chi connectivity index (χ4v) is 1.53. The van der Waals surface area contributed by atoms with Gasteiger partial charge in [0, 0.05) is 12.1 Å². The Morgan fingerprint density at radius 2 is 2.29 bits per heavy atom. The van der Waals surface area contributed by atoms with E-state index in [-0.39, 0.29) is 11.9 Å². The molecule has 0 amide bonds. The normalized spacial score (nSPS) is 12.1. The number of aliphatic hydroxyl groups is 1. The lowest BCUT2D eigenvalue weighted by atomic mass is 10.1. The van der Waals surface area contributed by atoms with Crippen molar-refractivity contribution < 1.29 is 9.50 Å². The quantitative estimate of drug-likeness (QED) is 0.742. The van der Waals surface area contributed by atoms with Gasteiger partial charge in [-0.25, -0.2) is 4.39 Å². The summed E-state index contributed by atoms with van der Waals surface area (Å²) in [7, 11) is 0. The Balaban J connectivity index is 2.39. The van der Waals surface area contributed by atoms with Gasteiger partial charge in [-0.2, -0.15) is 5.26 Å². The summed E-state index contributed by atoms with van der Waals surface area (Å²) in [6, 6.07) is 6.31. The lowest BCUT2D eigenvalue weighted by molar-refractivity contribution is 0.181. The van der Waals surface area contributed by atoms with E-state index >= 15 is 0 Å². The van der Waals surface area contributed by atoms with E-state index in [4.69, 9.17) is 10.4 Å². The summed E-state index contributed by atoms with van der Waals surface area (Å²) in [4.78, 5) is 0. The summed E-state index contributed by atoms with van der Waals surface area (Å²) < 4.78 is 13.4. The summed E-state index contributed by atoms with van der Waals surface area (Å²) in [5.41, 5.74) is 0.966. The van der Waals surface area contributed by atoms with Gasteiger partial charge in [-0.05, 0) is 44.5 Å². The van der Waals surface area contributed by atoms with Crippen molar-refractivity contribution in [1.29, 1.82) is 5.26 Å². The number of aliphatic hydroxyl groups excluding tert-OH is 1. The van der Waals surface area contributed by atoms with Crippen LogP contribution in [0.5, 0.6) is 0 Å². The molecule has 0 heterocycles. The van der Waals surface area contributed by atoms with Crippen LogP contribution in [0.4, 0.5) is 4.39 Å². The maximum absolute atomic E-state index is 13.4. The fraction of sp³-hybridized carbons (Fsp3) is 0.462. The second-order valence-electron chi connectivity index (χ2n) is 4.09. The van der Waals surface area contributed by atoms with Gasteiger partial charge in [-0.15, -0.1) is 0 Å². The summed E-state index contributed by atoms with van der Waals surface area (Å²) in [6.45, 7) is 2.87. The number of nitrogens with one attached hydrogen (secondary N) is 1. The molecule has 0 saturated heterocycles. The highest BCUT2D eigenvalue weighted by molar-refractivity contribution is 5.33. The van der Waals surface area contributed by atoms with E-state index in [1.807, 2.05) is 6.07 Å². The van der Waals surface area contributed by atoms with Gasteiger partial charge in [0.25, 0.3) is 0 Å². The molecule has 1 unspecified atom stereocenters. The largest absolute Gasteiger partial charge is 0.393 e. The molecule has 1 aromatic rings. The number of halogens is 1. The van der Waals surface area contributed by atoms with Crippen LogP contribution in [0.2, 0.25) is 0 Å². The minimum atomic E-state index is -0.299. The van der Waals surface area contributed by atoms with Crippen molar-refractivity contribution in [3.8, 4) is 6.07 Å². The molecule has 17 heavy (non-hydrogen) atoms. The smallest absolute Gasteiger partial charge is 0.127 e. The number of hydrogen-bond donors (Lipinski definition) is 2. The monoisotopic (exact) mass is 236 g/mol. The summed E-state index contributed by atoms with van der Waals surface area (Å²) >= 11 is 0. The Labute approximate surface area is 101 Å². The molecule has 92 valence electrons. The third kappa shape index (κ3) is 4.94. The van der Waals surface area contributed by atoms with Gasteiger partial charge in [-0.3, -0.25) is 0 Å². The van der Waals surface area contributed by atoms with Crippen molar-refractivity contribution in [1.82, 2.24) is 5.32 Å². The summed E-state index contributed by atoms with van der Waals surface area (Å²) in [5.74, 6) is -0.299. The Bertz CT molecular complexity index is 399. The third-order valence-corrected chi connectivity index (χ3v) is 2.47. The SMILES string of the molecule is CC(O)CCCNCc1cc(C#N)ccc1F. The Hall–Kier alpha value is -1.44. The van der Waals surface area contributed by atoms with Crippen molar-refractivity contribution in [2.75, 3.05) is 6.54 Å². The average molecular weight is 236 g/mol. The molecule has 1 atom stereocenters. The van der Waals surface area contributed by atoms with Gasteiger partial charge in [0.15, 0.2) is 0 Å². The van der Waals surface area contributed by atoms with Gasteiger partial charge in [0.05, 0.1) is 17.7 Å². The van der Waals surface area contributed by atoms with Gasteiger partial charge in [0.1, 0.15) is 5.82 Å². The zero-order valence-corrected chi connectivity index (χ0v) is 9.91. The first kappa shape index (κ1) is 13.6. The number of rotatable bonds is 6. The Morgan fingerprint density at radius 3 is 2.94 bits per heavy atom. The number of benzene rings is 1. The van der Waals surface area contributed by atoms with Crippen molar-refractivity contribution >= 4 is 0 Å². The lowest BCUT2D eigenvalue weighted by Gasteiger charge is -2.07. The first-order valence-electron chi connectivity index (χ1n) is 5.71. The second-order valence-corrected chi connectivity index (χ2v) is 4.09. The molecule has 0 aliphatic heterocycles. The van der Waals surface area contributed by atoms with E-state index in [0.717, 1.165) is 19.4 Å². The van der Waals surface area contributed by atoms with E-state index in [9.17, 15) is 4.39 Å². The van der Waals surface area contributed by atoms with Crippen molar-refractivity contribution in [2.24, 2.45) is 0 Å². The molecule has 0 fully saturated rings. The van der Waals surface area contributed by atoms with Crippen molar-refractivity contribution in [3.05, 3.63) is 35.1 Å². The van der Waals surface area contributed by atoms with Gasteiger partial charge >= 0.3 is 0 Å². The zero-order chi connectivity index (χ0) is 12.7. The van der Waals surface area contributed by atoms with Gasteiger partial charge in [-0.1, -0.05) is 0 Å². The van der Waals surface area contributed by atoms with Crippen LogP contribution in [0.25, 0.3) is 0 Å². The summed E-state index contributed by atoms with van der Waals surface area (Å²) in [5, 5.41) is 20.8. The highest BCUT2D eigenvalue weighted by Crippen LogP contribution is 2.09. The highest BCUT2D eigenvalue weighted by Gasteiger charge is 2.03. The predicted molar refractivity (Wildman–Crippen MR) is 63.7 cm³/mol. The Morgan fingerprint density at radius 1 is 1.53 bits per heavy atom. The van der Waals surface area contributed by atoms with E-state index in [1.54, 1.807) is 13.0 Å². The first-order chi connectivity index (χ1) is 8.13. The second kappa shape index (κ2) is 7.00. The average Bonchev–Trinajstić information content (AvgIpc) is 2.30. The third-order valence-electron chi connectivity index (χ3n) is 2.47. The summed E-state index contributed by atoms with van der Waals surface area (Å²) in [6.07, 6.45) is 1.28. The maximum atomic E-state index is 13.4. The zero-order valence-electron chi connectivity index (χ0n) is 9.91. The molecule has 0 aliphatic rings. The van der Waals surface area contributed by atoms with E-state index in [0.29, 0.717) is 17.7 Å². The molecule has 0 bridgehead atoms. The minimum absolute atomic E-state index is 0.296. The standard InChI is InChI=1S/C13H17FN2O/c1-10(17)3-2-6-16-9-12-7-11(8-15)4-5-13(12)14/h4-5,7,10,16-17H,2-3,6,9H2,1H3. The minimum Gasteiger partial charge on any atom is -0.393 e. The van der Waals surface area contributed by atoms with E-state index in [1.165, 1.54) is 12.1 Å². The molecule has 0 aromatic heterocycles. The molecule has 3 nitrogen and oxygen atoms in total. The van der Waals surface area contributed by atoms with Gasteiger partial charge < -0.3 is 10.4 Å². The Kier molecular flexibility index (Phi) is 5.61. The van der Waals surface area contributed by atoms with Crippen LogP contribution in [0.3, 0.4) is 0 Å². The van der Waals surface area contributed by atoms with Crippen LogP contribution in [0, 0.1) is 17.1 Å². The lowest BCUT2D eigenvalue weighted by Crippen LogP contribution is -2.17. The first-order valence-corrected chi connectivity index (χ1v) is 5.71. The van der Waals surface area contributed by atoms with E-state index in [2.05, 4.69) is 5.32 Å². The highest BCUT2D eigenvalue weighted by atomic mass is 19.1. The molecule has 1 aromatic carbocycles. The number of nitrogens with zero attached hydrogens (tertiary/aromatic N) is 1. The molecule has 0 radical (unpaired) electrons. The van der Waals surface area contributed by atoms with Crippen LogP contribution >= 0.6 is 0 Å². The molecular formula is C13H17FN2O. The number of nitriles is 1. The molecular weight excluding hydrogens is 219 g/mol. The topological polar surface area (TPSA) is 56.0 Å². The van der Waals surface area contributed by atoms with Crippen LogP contribution in [0.1, 0.15) is 30.9 Å². The molecule has 0 aliphatic carbocycles. The van der Waals surface area contributed by atoms with Gasteiger partial charge in [0.2, 0.25) is 0 Å². The molecule has 0 saturated carbocycles. The number of hydrogen-bond acceptors (Lipinski definition) is 3. The molecule has 0 spiro atoms. The molecule has 4 heteroatoms. The van der Waals surface area contributed by atoms with Crippen LogP contribution < -0.4 is 5.32 Å².